The van der Waals surface area contributed by atoms with Gasteiger partial charge in [0.25, 0.3) is 0 Å². The summed E-state index contributed by atoms with van der Waals surface area (Å²) >= 11 is 0. The van der Waals surface area contributed by atoms with Crippen LogP contribution in [-0.2, 0) is 4.74 Å². The number of hydrogen-bond acceptors (Lipinski definition) is 4. The van der Waals surface area contributed by atoms with Crippen LogP contribution in [0.1, 0.15) is 33.1 Å². The van der Waals surface area contributed by atoms with Gasteiger partial charge in [-0.1, -0.05) is 13.8 Å². The highest BCUT2D eigenvalue weighted by atomic mass is 16.5. The van der Waals surface area contributed by atoms with Crippen molar-refractivity contribution in [1.82, 2.24) is 15.1 Å². The lowest BCUT2D eigenvalue weighted by Crippen LogP contribution is -2.51. The van der Waals surface area contributed by atoms with Gasteiger partial charge in [0.2, 0.25) is 0 Å². The Hall–Kier alpha value is -0.160. The first-order valence-corrected chi connectivity index (χ1v) is 7.82. The lowest BCUT2D eigenvalue weighted by Gasteiger charge is -2.35. The molecule has 4 heteroatoms. The minimum atomic E-state index is 0.320. The van der Waals surface area contributed by atoms with Gasteiger partial charge in [0.15, 0.2) is 0 Å². The van der Waals surface area contributed by atoms with Crippen LogP contribution >= 0.6 is 0 Å². The average molecular weight is 271 g/mol. The molecule has 1 N–H and O–H groups in total. The molecule has 1 saturated heterocycles. The van der Waals surface area contributed by atoms with E-state index in [0.717, 1.165) is 39.4 Å². The molecule has 1 aliphatic heterocycles. The standard InChI is InChI=1S/C15H33N3O/c1-5-15(6-2)14-18(9-7-8-16-15)11-13-19-12-10-17(3)4/h16H,5-14H2,1-4H3. The van der Waals surface area contributed by atoms with Crippen LogP contribution in [0.5, 0.6) is 0 Å². The average Bonchev–Trinajstić information content (AvgIpc) is 2.61. The Morgan fingerprint density at radius 3 is 2.58 bits per heavy atom. The first-order chi connectivity index (χ1) is 9.12. The summed E-state index contributed by atoms with van der Waals surface area (Å²) in [6.45, 7) is 11.9. The zero-order valence-corrected chi connectivity index (χ0v) is 13.4. The van der Waals surface area contributed by atoms with Gasteiger partial charge >= 0.3 is 0 Å². The molecule has 0 radical (unpaired) electrons. The van der Waals surface area contributed by atoms with Crippen molar-refractivity contribution in [2.24, 2.45) is 0 Å². The van der Waals surface area contributed by atoms with E-state index in [2.05, 4.69) is 43.1 Å². The molecule has 1 fully saturated rings. The molecule has 1 heterocycles. The van der Waals surface area contributed by atoms with E-state index in [1.807, 2.05) is 0 Å². The number of ether oxygens (including phenoxy) is 1. The van der Waals surface area contributed by atoms with Crippen molar-refractivity contribution in [2.45, 2.75) is 38.6 Å². The van der Waals surface area contributed by atoms with E-state index in [4.69, 9.17) is 4.74 Å². The van der Waals surface area contributed by atoms with Crippen LogP contribution in [0.4, 0.5) is 0 Å². The number of rotatable bonds is 8. The van der Waals surface area contributed by atoms with E-state index in [-0.39, 0.29) is 0 Å². The topological polar surface area (TPSA) is 27.7 Å². The Morgan fingerprint density at radius 2 is 1.95 bits per heavy atom. The van der Waals surface area contributed by atoms with Crippen molar-refractivity contribution >= 4 is 0 Å². The highest BCUT2D eigenvalue weighted by Crippen LogP contribution is 2.19. The molecule has 1 rings (SSSR count). The van der Waals surface area contributed by atoms with Crippen LogP contribution in [0.25, 0.3) is 0 Å². The predicted molar refractivity (Wildman–Crippen MR) is 81.7 cm³/mol. The molecule has 0 aromatic carbocycles. The van der Waals surface area contributed by atoms with Gasteiger partial charge in [-0.05, 0) is 46.4 Å². The zero-order chi connectivity index (χ0) is 14.1. The fourth-order valence-corrected chi connectivity index (χ4v) is 2.68. The largest absolute Gasteiger partial charge is 0.379 e. The first-order valence-electron chi connectivity index (χ1n) is 7.82. The van der Waals surface area contributed by atoms with Crippen molar-refractivity contribution in [1.29, 1.82) is 0 Å². The molecular formula is C15H33N3O. The monoisotopic (exact) mass is 271 g/mol. The summed E-state index contributed by atoms with van der Waals surface area (Å²) in [6.07, 6.45) is 3.67. The fourth-order valence-electron chi connectivity index (χ4n) is 2.68. The molecule has 0 bridgehead atoms. The van der Waals surface area contributed by atoms with Crippen molar-refractivity contribution in [2.75, 3.05) is 60.0 Å². The summed E-state index contributed by atoms with van der Waals surface area (Å²) in [5, 5.41) is 3.75. The van der Waals surface area contributed by atoms with Gasteiger partial charge in [-0.2, -0.15) is 0 Å². The maximum atomic E-state index is 5.72. The van der Waals surface area contributed by atoms with E-state index in [1.165, 1.54) is 25.8 Å². The minimum Gasteiger partial charge on any atom is -0.379 e. The lowest BCUT2D eigenvalue weighted by atomic mass is 9.92. The van der Waals surface area contributed by atoms with Crippen LogP contribution < -0.4 is 5.32 Å². The highest BCUT2D eigenvalue weighted by molar-refractivity contribution is 4.90. The molecule has 0 saturated carbocycles. The van der Waals surface area contributed by atoms with Crippen molar-refractivity contribution < 1.29 is 4.74 Å². The van der Waals surface area contributed by atoms with Gasteiger partial charge in [0.05, 0.1) is 13.2 Å². The molecule has 4 nitrogen and oxygen atoms in total. The summed E-state index contributed by atoms with van der Waals surface area (Å²) < 4.78 is 5.72. The van der Waals surface area contributed by atoms with Crippen molar-refractivity contribution in [3.8, 4) is 0 Å². The van der Waals surface area contributed by atoms with Crippen molar-refractivity contribution in [3.63, 3.8) is 0 Å². The van der Waals surface area contributed by atoms with E-state index in [9.17, 15) is 0 Å². The smallest absolute Gasteiger partial charge is 0.0594 e. The SMILES string of the molecule is CCC1(CC)CN(CCOCCN(C)C)CCCN1. The van der Waals surface area contributed by atoms with Crippen molar-refractivity contribution in [3.05, 3.63) is 0 Å². The van der Waals surface area contributed by atoms with Gasteiger partial charge in [-0.15, -0.1) is 0 Å². The molecule has 1 aliphatic rings. The normalized spacial score (nSPS) is 20.7. The summed E-state index contributed by atoms with van der Waals surface area (Å²) in [7, 11) is 4.17. The molecule has 0 aliphatic carbocycles. The third kappa shape index (κ3) is 6.21. The maximum Gasteiger partial charge on any atom is 0.0594 e. The zero-order valence-electron chi connectivity index (χ0n) is 13.4. The minimum absolute atomic E-state index is 0.320. The second kappa shape index (κ2) is 8.90. The van der Waals surface area contributed by atoms with Gasteiger partial charge in [0.1, 0.15) is 0 Å². The second-order valence-corrected chi connectivity index (χ2v) is 5.96. The Kier molecular flexibility index (Phi) is 7.91. The molecule has 0 aromatic rings. The Bertz CT molecular complexity index is 229. The molecule has 0 atom stereocenters. The third-order valence-corrected chi connectivity index (χ3v) is 4.27. The molecular weight excluding hydrogens is 238 g/mol. The van der Waals surface area contributed by atoms with Crippen LogP contribution in [0.3, 0.4) is 0 Å². The van der Waals surface area contributed by atoms with Crippen LogP contribution in [0.15, 0.2) is 0 Å². The van der Waals surface area contributed by atoms with E-state index in [0.29, 0.717) is 5.54 Å². The fraction of sp³-hybridized carbons (Fsp3) is 1.00. The Balaban J connectivity index is 2.28. The third-order valence-electron chi connectivity index (χ3n) is 4.27. The summed E-state index contributed by atoms with van der Waals surface area (Å²) in [5.74, 6) is 0. The maximum absolute atomic E-state index is 5.72. The van der Waals surface area contributed by atoms with Crippen LogP contribution in [0, 0.1) is 0 Å². The summed E-state index contributed by atoms with van der Waals surface area (Å²) in [6, 6.07) is 0. The molecule has 0 amide bonds. The van der Waals surface area contributed by atoms with Gasteiger partial charge in [0, 0.05) is 25.2 Å². The Morgan fingerprint density at radius 1 is 1.21 bits per heavy atom. The number of hydrogen-bond donors (Lipinski definition) is 1. The summed E-state index contributed by atoms with van der Waals surface area (Å²) in [5.41, 5.74) is 0.320. The lowest BCUT2D eigenvalue weighted by molar-refractivity contribution is 0.0850. The molecule has 0 unspecified atom stereocenters. The van der Waals surface area contributed by atoms with Gasteiger partial charge in [-0.3, -0.25) is 4.90 Å². The van der Waals surface area contributed by atoms with Crippen LogP contribution in [-0.4, -0.2) is 75.4 Å². The Labute approximate surface area is 119 Å². The highest BCUT2D eigenvalue weighted by Gasteiger charge is 2.29. The molecule has 0 spiro atoms. The van der Waals surface area contributed by atoms with E-state index in [1.54, 1.807) is 0 Å². The van der Waals surface area contributed by atoms with E-state index >= 15 is 0 Å². The number of nitrogens with one attached hydrogen (secondary N) is 1. The second-order valence-electron chi connectivity index (χ2n) is 5.96. The molecule has 0 aromatic heterocycles. The predicted octanol–water partition coefficient (Wildman–Crippen LogP) is 1.42. The first kappa shape index (κ1) is 16.9. The molecule has 114 valence electrons. The van der Waals surface area contributed by atoms with E-state index < -0.39 is 0 Å². The molecule has 19 heavy (non-hydrogen) atoms. The number of nitrogens with zero attached hydrogens (tertiary/aromatic N) is 2. The van der Waals surface area contributed by atoms with Gasteiger partial charge in [-0.25, -0.2) is 0 Å². The quantitative estimate of drug-likeness (QED) is 0.676. The number of likely N-dealkylation sites (N-methyl/N-ethyl adjacent to an activating group) is 1. The van der Waals surface area contributed by atoms with Gasteiger partial charge < -0.3 is 15.0 Å². The summed E-state index contributed by atoms with van der Waals surface area (Å²) in [4.78, 5) is 4.73. The van der Waals surface area contributed by atoms with Crippen LogP contribution in [0.2, 0.25) is 0 Å².